The molecular weight excluding hydrogens is 651 g/mol. The van der Waals surface area contributed by atoms with Gasteiger partial charge in [0.1, 0.15) is 17.8 Å². The van der Waals surface area contributed by atoms with E-state index >= 15 is 0 Å². The molecule has 1 unspecified atom stereocenters. The van der Waals surface area contributed by atoms with Crippen LogP contribution in [0.25, 0.3) is 0 Å². The van der Waals surface area contributed by atoms with Gasteiger partial charge in [-0.3, -0.25) is 24.2 Å². The van der Waals surface area contributed by atoms with Crippen molar-refractivity contribution >= 4 is 17.8 Å². The van der Waals surface area contributed by atoms with E-state index in [1.165, 1.54) is 14.0 Å². The lowest BCUT2D eigenvalue weighted by molar-refractivity contribution is -0.174. The van der Waals surface area contributed by atoms with Gasteiger partial charge in [0.25, 0.3) is 0 Å². The molecule has 0 radical (unpaired) electrons. The Labute approximate surface area is 279 Å². The molecule has 13 nitrogen and oxygen atoms in total. The summed E-state index contributed by atoms with van der Waals surface area (Å²) >= 11 is 0. The summed E-state index contributed by atoms with van der Waals surface area (Å²) in [6, 6.07) is -0.231. The number of nitrogens with one attached hydrogen (secondary N) is 2. The molecule has 4 heterocycles. The first kappa shape index (κ1) is 34.1. The summed E-state index contributed by atoms with van der Waals surface area (Å²) in [5, 5.41) is 26.7. The van der Waals surface area contributed by atoms with Crippen LogP contribution in [0.4, 0.5) is 13.2 Å². The first-order chi connectivity index (χ1) is 23.1. The van der Waals surface area contributed by atoms with Crippen molar-refractivity contribution in [1.82, 2.24) is 20.4 Å². The average molecular weight is 688 g/mol. The van der Waals surface area contributed by atoms with Crippen LogP contribution in [0, 0.1) is 25.2 Å². The molecule has 4 aliphatic rings. The van der Waals surface area contributed by atoms with Gasteiger partial charge in [-0.15, -0.1) is 0 Å². The first-order valence-electron chi connectivity index (χ1n) is 15.7. The quantitative estimate of drug-likeness (QED) is 0.302. The van der Waals surface area contributed by atoms with E-state index in [0.29, 0.717) is 45.9 Å². The van der Waals surface area contributed by atoms with Crippen LogP contribution >= 0.6 is 0 Å². The lowest BCUT2D eigenvalue weighted by Gasteiger charge is -2.60. The highest BCUT2D eigenvalue weighted by atomic mass is 19.4. The molecule has 16 heteroatoms. The third-order valence-electron chi connectivity index (χ3n) is 9.98. The molecule has 3 N–H and O–H groups in total. The molecule has 2 amide bonds. The van der Waals surface area contributed by atoms with E-state index in [0.717, 1.165) is 18.1 Å². The largest absolute Gasteiger partial charge is 0.504 e. The van der Waals surface area contributed by atoms with Gasteiger partial charge >= 0.3 is 18.1 Å². The van der Waals surface area contributed by atoms with Gasteiger partial charge in [-0.05, 0) is 51.8 Å². The second kappa shape index (κ2) is 12.3. The second-order valence-electron chi connectivity index (χ2n) is 12.8. The Hall–Kier alpha value is -4.75. The van der Waals surface area contributed by atoms with Crippen LogP contribution in [0.2, 0.25) is 0 Å². The molecule has 0 aliphatic carbocycles. The molecule has 6 atom stereocenters. The monoisotopic (exact) mass is 687 g/mol. The van der Waals surface area contributed by atoms with Crippen molar-refractivity contribution in [3.63, 3.8) is 0 Å². The summed E-state index contributed by atoms with van der Waals surface area (Å²) in [7, 11) is 3.34. The van der Waals surface area contributed by atoms with Gasteiger partial charge in [-0.2, -0.15) is 18.4 Å². The number of hydrogen-bond donors (Lipinski definition) is 3. The average Bonchev–Trinajstić information content (AvgIpc) is 3.52. The van der Waals surface area contributed by atoms with E-state index in [9.17, 15) is 37.9 Å². The van der Waals surface area contributed by atoms with E-state index in [1.807, 2.05) is 29.8 Å². The van der Waals surface area contributed by atoms with Crippen LogP contribution in [-0.4, -0.2) is 90.5 Å². The van der Waals surface area contributed by atoms with Gasteiger partial charge in [0.2, 0.25) is 12.7 Å². The van der Waals surface area contributed by atoms with Gasteiger partial charge in [0, 0.05) is 47.8 Å². The van der Waals surface area contributed by atoms with Crippen LogP contribution in [0.5, 0.6) is 28.7 Å². The van der Waals surface area contributed by atoms with E-state index in [2.05, 4.69) is 11.4 Å². The Morgan fingerprint density at radius 3 is 2.47 bits per heavy atom. The maximum Gasteiger partial charge on any atom is 0.471 e. The maximum atomic E-state index is 13.2. The highest BCUT2D eigenvalue weighted by molar-refractivity contribution is 5.89. The lowest BCUT2D eigenvalue weighted by Crippen LogP contribution is -2.69. The van der Waals surface area contributed by atoms with E-state index in [-0.39, 0.29) is 37.3 Å². The number of halogens is 3. The molecule has 2 aromatic rings. The Morgan fingerprint density at radius 1 is 1.14 bits per heavy atom. The third-order valence-corrected chi connectivity index (χ3v) is 9.98. The number of esters is 1. The van der Waals surface area contributed by atoms with Crippen molar-refractivity contribution < 1.29 is 51.6 Å². The van der Waals surface area contributed by atoms with Crippen molar-refractivity contribution in [3.05, 3.63) is 39.4 Å². The third kappa shape index (κ3) is 5.45. The highest BCUT2D eigenvalue weighted by Crippen LogP contribution is 2.58. The minimum Gasteiger partial charge on any atom is -0.504 e. The van der Waals surface area contributed by atoms with Crippen LogP contribution in [-0.2, 0) is 27.2 Å². The predicted molar refractivity (Wildman–Crippen MR) is 164 cm³/mol. The predicted octanol–water partition coefficient (Wildman–Crippen LogP) is 2.63. The molecule has 0 spiro atoms. The fraction of sp³-hybridized carbons (Fsp3) is 0.515. The second-order valence-corrected chi connectivity index (χ2v) is 12.8. The van der Waals surface area contributed by atoms with Gasteiger partial charge in [-0.25, -0.2) is 0 Å². The van der Waals surface area contributed by atoms with Crippen LogP contribution in [0.1, 0.15) is 59.3 Å². The molecule has 2 aromatic carbocycles. The van der Waals surface area contributed by atoms with Gasteiger partial charge in [0.15, 0.2) is 23.0 Å². The molecule has 1 saturated heterocycles. The molecule has 6 rings (SSSR count). The molecule has 1 fully saturated rings. The number of nitrogens with zero attached hydrogens (tertiary/aromatic N) is 3. The normalized spacial score (nSPS) is 24.4. The summed E-state index contributed by atoms with van der Waals surface area (Å²) in [4.78, 5) is 41.2. The number of amides is 2. The Balaban J connectivity index is 1.52. The Kier molecular flexibility index (Phi) is 8.56. The number of carbonyl (C=O) groups excluding carboxylic acids is 3. The Morgan fingerprint density at radius 2 is 1.84 bits per heavy atom. The van der Waals surface area contributed by atoms with Crippen molar-refractivity contribution in [3.8, 4) is 34.8 Å². The number of alkyl halides is 3. The molecule has 4 aliphatic heterocycles. The van der Waals surface area contributed by atoms with Crippen molar-refractivity contribution in [1.29, 1.82) is 5.26 Å². The zero-order chi connectivity index (χ0) is 35.7. The maximum absolute atomic E-state index is 13.2. The van der Waals surface area contributed by atoms with Gasteiger partial charge < -0.3 is 34.7 Å². The number of rotatable bonds is 6. The van der Waals surface area contributed by atoms with Crippen molar-refractivity contribution in [2.24, 2.45) is 0 Å². The summed E-state index contributed by atoms with van der Waals surface area (Å²) in [6.07, 6.45) is -4.57. The first-order valence-corrected chi connectivity index (χ1v) is 15.7. The fourth-order valence-electron chi connectivity index (χ4n) is 8.01. The molecule has 262 valence electrons. The molecular formula is C33H36F3N5O8. The SMILES string of the molecule is COc1c(C)cc2c(c1O)[C@@H]1C3Cc4c(OC(C)=O)c(C)c5c(c4[C@H](CNC(=O)[C@@H](C)NC(=O)C(F)(F)F)N3[C@@H](C#N)[C@H](C2)N1C)OCO5. The number of hydrogen-bond acceptors (Lipinski definition) is 11. The lowest BCUT2D eigenvalue weighted by atomic mass is 9.71. The van der Waals surface area contributed by atoms with Crippen molar-refractivity contribution in [2.75, 3.05) is 27.5 Å². The number of piperazine rings is 1. The smallest absolute Gasteiger partial charge is 0.471 e. The van der Waals surface area contributed by atoms with E-state index < -0.39 is 54.2 Å². The van der Waals surface area contributed by atoms with Crippen LogP contribution in [0.15, 0.2) is 6.07 Å². The molecule has 0 aromatic heterocycles. The van der Waals surface area contributed by atoms with Crippen LogP contribution < -0.4 is 29.6 Å². The van der Waals surface area contributed by atoms with Crippen molar-refractivity contribution in [2.45, 2.75) is 83.0 Å². The summed E-state index contributed by atoms with van der Waals surface area (Å²) in [5.41, 5.74) is 3.76. The number of nitriles is 1. The zero-order valence-electron chi connectivity index (χ0n) is 27.7. The zero-order valence-corrected chi connectivity index (χ0v) is 27.7. The number of fused-ring (bicyclic) bond motifs is 9. The Bertz CT molecular complexity index is 1790. The number of likely N-dealkylation sites (N-methyl/N-ethyl adjacent to an activating group) is 1. The number of methoxy groups -OCH3 is 1. The molecule has 0 saturated carbocycles. The van der Waals surface area contributed by atoms with E-state index in [1.54, 1.807) is 12.2 Å². The minimum atomic E-state index is -5.19. The topological polar surface area (TPSA) is 163 Å². The number of benzene rings is 2. The summed E-state index contributed by atoms with van der Waals surface area (Å²) in [5.74, 6) is -2.58. The summed E-state index contributed by atoms with van der Waals surface area (Å²) < 4.78 is 61.9. The number of ether oxygens (including phenoxy) is 4. The molecule has 49 heavy (non-hydrogen) atoms. The summed E-state index contributed by atoms with van der Waals surface area (Å²) in [6.45, 7) is 5.55. The number of phenolic OH excluding ortho intramolecular Hbond substituents is 1. The standard InChI is InChI=1S/C33H36F3N5O8/c1-13-7-17-8-19-21(10-37)41-20(25(40(19)5)23(17)26(43)27(13)46-6)9-18-24(30-29(47-12-48-30)14(2)28(18)49-16(4)42)22(41)11-38-31(44)15(3)39-32(45)33(34,35)36/h7,15,19-22,25,43H,8-9,11-12H2,1-6H3,(H,38,44)(H,39,45)/t15-,19+,20?,21+,22+,25+/m1/s1. The number of aryl methyl sites for hydroxylation is 1. The fourth-order valence-corrected chi connectivity index (χ4v) is 8.01. The minimum absolute atomic E-state index is 0.0323. The number of carbonyl (C=O) groups is 3. The van der Waals surface area contributed by atoms with Gasteiger partial charge in [0.05, 0.1) is 25.3 Å². The number of phenols is 1. The van der Waals surface area contributed by atoms with Crippen LogP contribution in [0.3, 0.4) is 0 Å². The highest BCUT2D eigenvalue weighted by Gasteiger charge is 2.57. The van der Waals surface area contributed by atoms with Gasteiger partial charge in [-0.1, -0.05) is 6.07 Å². The number of aromatic hydroxyl groups is 1. The molecule has 2 bridgehead atoms. The van der Waals surface area contributed by atoms with E-state index in [4.69, 9.17) is 18.9 Å².